The maximum absolute atomic E-state index is 10.7. The molecule has 0 aliphatic carbocycles. The first-order valence-electron chi connectivity index (χ1n) is 6.25. The predicted molar refractivity (Wildman–Crippen MR) is 88.8 cm³/mol. The van der Waals surface area contributed by atoms with Crippen molar-refractivity contribution in [2.45, 2.75) is 39.3 Å². The zero-order valence-electron chi connectivity index (χ0n) is 13.6. The van der Waals surface area contributed by atoms with Gasteiger partial charge >= 0.3 is 33.0 Å². The van der Waals surface area contributed by atoms with E-state index in [1.807, 2.05) is 0 Å². The van der Waals surface area contributed by atoms with Crippen LogP contribution < -0.4 is 0 Å². The van der Waals surface area contributed by atoms with E-state index in [9.17, 15) is 25.2 Å². The van der Waals surface area contributed by atoms with Gasteiger partial charge in [0.2, 0.25) is 0 Å². The average molecular weight is 380 g/mol. The van der Waals surface area contributed by atoms with Gasteiger partial charge in [-0.25, -0.2) is 0 Å². The zero-order chi connectivity index (χ0) is 17.3. The molecule has 0 radical (unpaired) electrons. The summed E-state index contributed by atoms with van der Waals surface area (Å²) in [7, 11) is -12.9. The van der Waals surface area contributed by atoms with Gasteiger partial charge in [0, 0.05) is 32.2 Å². The SMILES string of the molecule is C[Si](C)(C)C[P+](C)(C)C[Si](C)(C)C.F[P-](F)(F)(F)(F)F. The summed E-state index contributed by atoms with van der Waals surface area (Å²) >= 11 is 0. The molecule has 0 atom stereocenters. The van der Waals surface area contributed by atoms with E-state index in [2.05, 4.69) is 52.6 Å². The van der Waals surface area contributed by atoms with Crippen molar-refractivity contribution >= 4 is 31.2 Å². The molecule has 0 rings (SSSR count). The number of hydrogen-bond donors (Lipinski definition) is 0. The normalized spacial score (nSPS) is 17.7. The molecule has 0 bridgehead atoms. The second-order valence-corrected chi connectivity index (χ2v) is 26.9. The Labute approximate surface area is 121 Å². The minimum absolute atomic E-state index is 0.562. The van der Waals surface area contributed by atoms with Crippen LogP contribution >= 0.6 is 15.1 Å². The summed E-state index contributed by atoms with van der Waals surface area (Å²) in [6, 6.07) is 0. The van der Waals surface area contributed by atoms with Crippen molar-refractivity contribution in [3.8, 4) is 0 Å². The summed E-state index contributed by atoms with van der Waals surface area (Å²) in [6.45, 7) is 20.2. The quantitative estimate of drug-likeness (QED) is 0.271. The van der Waals surface area contributed by atoms with Gasteiger partial charge in [-0.3, -0.25) is 0 Å². The molecule has 10 heteroatoms. The van der Waals surface area contributed by atoms with Gasteiger partial charge < -0.3 is 0 Å². The molecule has 0 N–H and O–H groups in total. The molecule has 0 amide bonds. The van der Waals surface area contributed by atoms with Crippen LogP contribution in [-0.2, 0) is 0 Å². The third kappa shape index (κ3) is 36.4. The van der Waals surface area contributed by atoms with Crippen LogP contribution in [0.2, 0.25) is 39.3 Å². The molecule has 0 aromatic rings. The molecule has 0 saturated heterocycles. The Morgan fingerprint density at radius 3 is 0.900 bits per heavy atom. The van der Waals surface area contributed by atoms with Gasteiger partial charge in [0.05, 0.1) is 16.1 Å². The summed E-state index contributed by atoms with van der Waals surface area (Å²) in [5.74, 6) is 3.18. The summed E-state index contributed by atoms with van der Waals surface area (Å²) in [4.78, 5) is 0. The van der Waals surface area contributed by atoms with Gasteiger partial charge in [-0.05, 0) is 0 Å². The van der Waals surface area contributed by atoms with Gasteiger partial charge in [-0.2, -0.15) is 0 Å². The molecular weight excluding hydrogens is 352 g/mol. The first-order chi connectivity index (χ1) is 7.86. The third-order valence-corrected chi connectivity index (χ3v) is 16.2. The van der Waals surface area contributed by atoms with E-state index in [1.54, 1.807) is 11.6 Å². The third-order valence-electron chi connectivity index (χ3n) is 1.80. The van der Waals surface area contributed by atoms with E-state index in [4.69, 9.17) is 0 Å². The Bertz CT molecular complexity index is 293. The zero-order valence-corrected chi connectivity index (χ0v) is 17.4. The fourth-order valence-corrected chi connectivity index (χ4v) is 24.6. The summed E-state index contributed by atoms with van der Waals surface area (Å²) in [5, 5.41) is 0. The van der Waals surface area contributed by atoms with Crippen LogP contribution in [0.15, 0.2) is 0 Å². The van der Waals surface area contributed by atoms with Crippen LogP contribution in [-0.4, -0.2) is 41.0 Å². The summed E-state index contributed by atoms with van der Waals surface area (Å²) in [6.07, 6.45) is 0. The van der Waals surface area contributed by atoms with Crippen molar-refractivity contribution in [2.24, 2.45) is 0 Å². The Morgan fingerprint density at radius 2 is 0.800 bits per heavy atom. The first-order valence-corrected chi connectivity index (χ1v) is 18.7. The molecule has 0 fully saturated rings. The molecule has 0 aliphatic rings. The Balaban J connectivity index is 0. The molecule has 0 nitrogen and oxygen atoms in total. The van der Waals surface area contributed by atoms with Gasteiger partial charge in [-0.1, -0.05) is 39.3 Å². The molecule has 0 aromatic heterocycles. The molecular formula is C10H28F6P2Si2. The van der Waals surface area contributed by atoms with E-state index in [-0.39, 0.29) is 0 Å². The minimum atomic E-state index is -10.7. The molecule has 20 heavy (non-hydrogen) atoms. The number of hydrogen-bond acceptors (Lipinski definition) is 0. The fraction of sp³-hybridized carbons (Fsp3) is 1.00. The van der Waals surface area contributed by atoms with Crippen molar-refractivity contribution in [3.63, 3.8) is 0 Å². The predicted octanol–water partition coefficient (Wildman–Crippen LogP) is 7.40. The monoisotopic (exact) mass is 380 g/mol. The van der Waals surface area contributed by atoms with Crippen molar-refractivity contribution in [1.29, 1.82) is 0 Å². The van der Waals surface area contributed by atoms with E-state index in [0.717, 1.165) is 0 Å². The van der Waals surface area contributed by atoms with Gasteiger partial charge in [0.15, 0.2) is 0 Å². The average Bonchev–Trinajstić information content (AvgIpc) is 1.59. The topological polar surface area (TPSA) is 0 Å². The van der Waals surface area contributed by atoms with Crippen LogP contribution in [0, 0.1) is 0 Å². The van der Waals surface area contributed by atoms with Gasteiger partial charge in [0.25, 0.3) is 0 Å². The Hall–Kier alpha value is 0.874. The molecule has 0 saturated carbocycles. The Kier molecular flexibility index (Phi) is 6.37. The van der Waals surface area contributed by atoms with E-state index in [1.165, 1.54) is 0 Å². The van der Waals surface area contributed by atoms with Gasteiger partial charge in [0.1, 0.15) is 0 Å². The molecule has 0 spiro atoms. The number of halogens is 6. The van der Waals surface area contributed by atoms with Gasteiger partial charge in [-0.15, -0.1) is 0 Å². The fourth-order valence-electron chi connectivity index (χ4n) is 2.62. The van der Waals surface area contributed by atoms with Crippen LogP contribution in [0.25, 0.3) is 0 Å². The van der Waals surface area contributed by atoms with Crippen LogP contribution in [0.3, 0.4) is 0 Å². The van der Waals surface area contributed by atoms with Crippen LogP contribution in [0.1, 0.15) is 0 Å². The maximum atomic E-state index is 9.87. The Morgan fingerprint density at radius 1 is 0.650 bits per heavy atom. The summed E-state index contributed by atoms with van der Waals surface area (Å²) in [5.41, 5.74) is 0. The summed E-state index contributed by atoms with van der Waals surface area (Å²) < 4.78 is 59.2. The van der Waals surface area contributed by atoms with Crippen molar-refractivity contribution in [3.05, 3.63) is 0 Å². The van der Waals surface area contributed by atoms with Crippen LogP contribution in [0.4, 0.5) is 25.2 Å². The number of rotatable bonds is 4. The van der Waals surface area contributed by atoms with E-state index < -0.39 is 31.2 Å². The van der Waals surface area contributed by atoms with Crippen molar-refractivity contribution in [1.82, 2.24) is 0 Å². The molecule has 0 aromatic carbocycles. The van der Waals surface area contributed by atoms with Crippen molar-refractivity contribution in [2.75, 3.05) is 24.9 Å². The molecule has 128 valence electrons. The molecule has 0 aliphatic heterocycles. The molecule has 0 heterocycles. The van der Waals surface area contributed by atoms with E-state index in [0.29, 0.717) is 0 Å². The van der Waals surface area contributed by atoms with E-state index >= 15 is 0 Å². The second-order valence-electron chi connectivity index (χ2n) is 8.33. The van der Waals surface area contributed by atoms with Crippen LogP contribution in [0.5, 0.6) is 0 Å². The first kappa shape index (κ1) is 23.1. The molecule has 0 unspecified atom stereocenters. The second kappa shape index (κ2) is 5.50. The van der Waals surface area contributed by atoms with Crippen molar-refractivity contribution < 1.29 is 25.2 Å². The standard InChI is InChI=1S/C10H28PSi2.F6P/c1-11(2,9-12(3,4)5)10-13(6,7)8;1-7(2,3,4,5)6/h9-10H2,1-8H3;/q+1;-1.